The van der Waals surface area contributed by atoms with E-state index in [9.17, 15) is 14.7 Å². The number of aliphatic hydroxyl groups excluding tert-OH is 1. The molecule has 0 aliphatic carbocycles. The number of carboxylic acids is 1. The summed E-state index contributed by atoms with van der Waals surface area (Å²) < 4.78 is 10.8. The second-order valence-electron chi connectivity index (χ2n) is 6.31. The monoisotopic (exact) mass is 359 g/mol. The highest BCUT2D eigenvalue weighted by Crippen LogP contribution is 2.28. The molecule has 1 unspecified atom stereocenters. The van der Waals surface area contributed by atoms with E-state index >= 15 is 0 Å². The fourth-order valence-corrected chi connectivity index (χ4v) is 3.04. The van der Waals surface area contributed by atoms with Crippen molar-refractivity contribution in [1.82, 2.24) is 0 Å². The zero-order chi connectivity index (χ0) is 18.7. The van der Waals surface area contributed by atoms with Crippen LogP contribution in [0, 0.1) is 0 Å². The third-order valence-corrected chi connectivity index (χ3v) is 4.41. The maximum atomic E-state index is 12.3. The summed E-state index contributed by atoms with van der Waals surface area (Å²) in [4.78, 5) is 24.8. The van der Waals surface area contributed by atoms with Crippen LogP contribution in [0.25, 0.3) is 0 Å². The van der Waals surface area contributed by atoms with E-state index in [2.05, 4.69) is 0 Å². The summed E-state index contributed by atoms with van der Waals surface area (Å²) in [6.45, 7) is 2.16. The van der Waals surface area contributed by atoms with Crippen LogP contribution < -0.4 is 4.90 Å². The number of carbonyl (C=O) groups excluding carboxylic acids is 1. The Bertz CT molecular complexity index is 780. The lowest BCUT2D eigenvalue weighted by Crippen LogP contribution is -2.36. The molecule has 7 nitrogen and oxygen atoms in total. The molecule has 2 heterocycles. The molecule has 1 aliphatic rings. The van der Waals surface area contributed by atoms with E-state index in [-0.39, 0.29) is 24.3 Å². The maximum Gasteiger partial charge on any atom is 0.371 e. The minimum atomic E-state index is -1.12. The topological polar surface area (TPSA) is 100 Å². The van der Waals surface area contributed by atoms with Gasteiger partial charge in [-0.25, -0.2) is 4.79 Å². The summed E-state index contributed by atoms with van der Waals surface area (Å²) in [6.07, 6.45) is 0.590. The van der Waals surface area contributed by atoms with Crippen LogP contribution in [0.4, 0.5) is 5.69 Å². The summed E-state index contributed by atoms with van der Waals surface area (Å²) in [5.41, 5.74) is 1.57. The van der Waals surface area contributed by atoms with Crippen LogP contribution in [-0.4, -0.2) is 34.7 Å². The molecule has 0 bridgehead atoms. The minimum Gasteiger partial charge on any atom is -0.475 e. The van der Waals surface area contributed by atoms with Crippen molar-refractivity contribution < 1.29 is 29.0 Å². The smallest absolute Gasteiger partial charge is 0.371 e. The molecule has 1 amide bonds. The van der Waals surface area contributed by atoms with Gasteiger partial charge in [0.05, 0.1) is 18.8 Å². The van der Waals surface area contributed by atoms with Gasteiger partial charge in [-0.15, -0.1) is 0 Å². The van der Waals surface area contributed by atoms with Gasteiger partial charge in [0, 0.05) is 12.1 Å². The van der Waals surface area contributed by atoms with E-state index in [1.165, 1.54) is 6.07 Å². The van der Waals surface area contributed by atoms with E-state index in [4.69, 9.17) is 14.3 Å². The zero-order valence-electron chi connectivity index (χ0n) is 14.4. The van der Waals surface area contributed by atoms with Crippen molar-refractivity contribution in [3.63, 3.8) is 0 Å². The van der Waals surface area contributed by atoms with Gasteiger partial charge in [0.25, 0.3) is 0 Å². The first-order valence-corrected chi connectivity index (χ1v) is 8.45. The summed E-state index contributed by atoms with van der Waals surface area (Å²) in [6, 6.07) is 10.1. The van der Waals surface area contributed by atoms with Gasteiger partial charge in [0.1, 0.15) is 12.4 Å². The number of carboxylic acid groups (broad SMARTS) is 1. The van der Waals surface area contributed by atoms with Crippen LogP contribution in [0.2, 0.25) is 0 Å². The summed E-state index contributed by atoms with van der Waals surface area (Å²) in [5.74, 6) is -0.780. The quantitative estimate of drug-likeness (QED) is 0.788. The lowest BCUT2D eigenvalue weighted by atomic mass is 10.1. The predicted molar refractivity (Wildman–Crippen MR) is 92.9 cm³/mol. The Balaban J connectivity index is 1.61. The second kappa shape index (κ2) is 7.72. The number of aromatic carboxylic acids is 1. The van der Waals surface area contributed by atoms with Crippen molar-refractivity contribution in [2.24, 2.45) is 0 Å². The SMILES string of the molecule is C[C@H](O)c1ccc(N2C(=O)CCC2COCc2ccc(C(=O)O)o2)cc1. The van der Waals surface area contributed by atoms with Crippen molar-refractivity contribution in [3.05, 3.63) is 53.5 Å². The predicted octanol–water partition coefficient (Wildman–Crippen LogP) is 2.74. The molecule has 1 aromatic heterocycles. The fourth-order valence-electron chi connectivity index (χ4n) is 3.04. The van der Waals surface area contributed by atoms with Gasteiger partial charge in [-0.2, -0.15) is 0 Å². The third kappa shape index (κ3) is 3.95. The Kier molecular flexibility index (Phi) is 5.39. The Morgan fingerprint density at radius 1 is 1.31 bits per heavy atom. The van der Waals surface area contributed by atoms with E-state index in [0.717, 1.165) is 11.3 Å². The fraction of sp³-hybridized carbons (Fsp3) is 0.368. The van der Waals surface area contributed by atoms with Crippen molar-refractivity contribution in [1.29, 1.82) is 0 Å². The van der Waals surface area contributed by atoms with Gasteiger partial charge in [0.2, 0.25) is 11.7 Å². The number of ether oxygens (including phenoxy) is 1. The molecule has 2 N–H and O–H groups in total. The van der Waals surface area contributed by atoms with Crippen LogP contribution in [-0.2, 0) is 16.1 Å². The molecule has 138 valence electrons. The standard InChI is InChI=1S/C19H21NO6/c1-12(21)13-2-4-14(5-3-13)20-15(6-9-18(20)22)10-25-11-16-7-8-17(26-16)19(23)24/h2-5,7-8,12,15,21H,6,9-11H2,1H3,(H,23,24)/t12-,15?/m0/s1. The molecule has 2 aromatic rings. The molecule has 7 heteroatoms. The molecule has 0 spiro atoms. The molecular formula is C19H21NO6. The lowest BCUT2D eigenvalue weighted by Gasteiger charge is -2.25. The molecule has 0 saturated carbocycles. The van der Waals surface area contributed by atoms with Gasteiger partial charge in [-0.05, 0) is 43.2 Å². The van der Waals surface area contributed by atoms with Crippen molar-refractivity contribution in [2.75, 3.05) is 11.5 Å². The Morgan fingerprint density at radius 3 is 2.65 bits per heavy atom. The summed E-state index contributed by atoms with van der Waals surface area (Å²) in [7, 11) is 0. The Labute approximate surface area is 150 Å². The molecular weight excluding hydrogens is 338 g/mol. The molecule has 26 heavy (non-hydrogen) atoms. The molecule has 3 rings (SSSR count). The number of nitrogens with zero attached hydrogens (tertiary/aromatic N) is 1. The van der Waals surface area contributed by atoms with Crippen LogP contribution in [0.3, 0.4) is 0 Å². The largest absolute Gasteiger partial charge is 0.475 e. The maximum absolute atomic E-state index is 12.3. The molecule has 0 radical (unpaired) electrons. The number of hydrogen-bond acceptors (Lipinski definition) is 5. The first kappa shape index (κ1) is 18.2. The first-order valence-electron chi connectivity index (χ1n) is 8.45. The molecule has 1 aromatic carbocycles. The van der Waals surface area contributed by atoms with E-state index in [0.29, 0.717) is 25.2 Å². The number of furan rings is 1. The van der Waals surface area contributed by atoms with E-state index in [1.54, 1.807) is 30.0 Å². The number of aliphatic hydroxyl groups is 1. The highest BCUT2D eigenvalue weighted by atomic mass is 16.5. The average Bonchev–Trinajstić information content (AvgIpc) is 3.22. The second-order valence-corrected chi connectivity index (χ2v) is 6.31. The molecule has 1 aliphatic heterocycles. The van der Waals surface area contributed by atoms with Crippen LogP contribution >= 0.6 is 0 Å². The van der Waals surface area contributed by atoms with Gasteiger partial charge in [-0.3, -0.25) is 4.79 Å². The van der Waals surface area contributed by atoms with E-state index < -0.39 is 12.1 Å². The first-order chi connectivity index (χ1) is 12.5. The van der Waals surface area contributed by atoms with E-state index in [1.807, 2.05) is 12.1 Å². The van der Waals surface area contributed by atoms with Crippen molar-refractivity contribution >= 4 is 17.6 Å². The van der Waals surface area contributed by atoms with Gasteiger partial charge < -0.3 is 24.3 Å². The molecule has 2 atom stereocenters. The number of carbonyl (C=O) groups is 2. The highest BCUT2D eigenvalue weighted by molar-refractivity contribution is 5.96. The minimum absolute atomic E-state index is 0.0366. The van der Waals surface area contributed by atoms with Gasteiger partial charge in [0.15, 0.2) is 0 Å². The molecule has 1 saturated heterocycles. The summed E-state index contributed by atoms with van der Waals surface area (Å²) in [5, 5.41) is 18.4. The Hall–Kier alpha value is -2.64. The van der Waals surface area contributed by atoms with Crippen LogP contribution in [0.1, 0.15) is 47.7 Å². The number of rotatable bonds is 7. The highest BCUT2D eigenvalue weighted by Gasteiger charge is 2.32. The lowest BCUT2D eigenvalue weighted by molar-refractivity contribution is -0.117. The number of anilines is 1. The van der Waals surface area contributed by atoms with Gasteiger partial charge in [-0.1, -0.05) is 12.1 Å². The van der Waals surface area contributed by atoms with Gasteiger partial charge >= 0.3 is 5.97 Å². The van der Waals surface area contributed by atoms with Crippen LogP contribution in [0.15, 0.2) is 40.8 Å². The summed E-state index contributed by atoms with van der Waals surface area (Å²) >= 11 is 0. The van der Waals surface area contributed by atoms with Crippen LogP contribution in [0.5, 0.6) is 0 Å². The zero-order valence-corrected chi connectivity index (χ0v) is 14.4. The molecule has 1 fully saturated rings. The number of amides is 1. The number of hydrogen-bond donors (Lipinski definition) is 2. The Morgan fingerprint density at radius 2 is 2.04 bits per heavy atom. The number of benzene rings is 1. The third-order valence-electron chi connectivity index (χ3n) is 4.41. The van der Waals surface area contributed by atoms with Crippen molar-refractivity contribution in [2.45, 2.75) is 38.5 Å². The average molecular weight is 359 g/mol. The normalized spacial score (nSPS) is 18.3. The van der Waals surface area contributed by atoms with Crippen molar-refractivity contribution in [3.8, 4) is 0 Å².